The van der Waals surface area contributed by atoms with Crippen molar-refractivity contribution in [2.24, 2.45) is 0 Å². The molecule has 0 spiro atoms. The fraction of sp³-hybridized carbons (Fsp3) is 0.812. The maximum Gasteiger partial charge on any atom is 0.108 e. The molecule has 0 saturated carbocycles. The Morgan fingerprint density at radius 3 is 2.50 bits per heavy atom. The number of ether oxygens (including phenoxy) is 1. The van der Waals surface area contributed by atoms with Crippen LogP contribution in [0.1, 0.15) is 71.1 Å². The molecule has 1 radical (unpaired) electrons. The molecular weight excluding hydrogens is 288 g/mol. The zero-order valence-electron chi connectivity index (χ0n) is 11.8. The Bertz CT molecular complexity index is 205. The summed E-state index contributed by atoms with van der Waals surface area (Å²) < 4.78 is 5.36. The van der Waals surface area contributed by atoms with Crippen molar-refractivity contribution in [1.82, 2.24) is 0 Å². The summed E-state index contributed by atoms with van der Waals surface area (Å²) in [5.41, 5.74) is 0. The minimum atomic E-state index is 0.565. The molecule has 1 nitrogen and oxygen atoms in total. The molecule has 0 aliphatic rings. The molecule has 0 amide bonds. The summed E-state index contributed by atoms with van der Waals surface area (Å²) in [7, 11) is 0. The van der Waals surface area contributed by atoms with Gasteiger partial charge in [0.2, 0.25) is 0 Å². The maximum absolute atomic E-state index is 5.36. The van der Waals surface area contributed by atoms with Crippen LogP contribution in [0.5, 0.6) is 0 Å². The standard InChI is InChI=1S/C16H28BrO/c1-2-3-4-5-9-12-15-18-16-13-10-7-6-8-11-14-17/h16H,2-8,10-11,13-15H2,1H3. The molecule has 2 heteroatoms. The minimum Gasteiger partial charge on any atom is -0.363 e. The van der Waals surface area contributed by atoms with Crippen molar-refractivity contribution in [2.75, 3.05) is 11.9 Å². The van der Waals surface area contributed by atoms with Crippen LogP contribution >= 0.6 is 15.9 Å². The first-order valence-corrected chi connectivity index (χ1v) is 8.49. The summed E-state index contributed by atoms with van der Waals surface area (Å²) in [6.45, 7) is 4.70. The number of alkyl halides is 1. The molecule has 0 aliphatic heterocycles. The van der Waals surface area contributed by atoms with Crippen molar-refractivity contribution in [3.8, 4) is 11.8 Å². The van der Waals surface area contributed by atoms with E-state index in [1.165, 1.54) is 51.4 Å². The monoisotopic (exact) mass is 315 g/mol. The van der Waals surface area contributed by atoms with Gasteiger partial charge in [-0.1, -0.05) is 67.3 Å². The van der Waals surface area contributed by atoms with Gasteiger partial charge >= 0.3 is 0 Å². The van der Waals surface area contributed by atoms with Crippen LogP contribution in [0, 0.1) is 18.4 Å². The summed E-state index contributed by atoms with van der Waals surface area (Å²) in [5.74, 6) is 6.20. The number of hydrogen-bond donors (Lipinski definition) is 0. The highest BCUT2D eigenvalue weighted by Gasteiger charge is 1.91. The summed E-state index contributed by atoms with van der Waals surface area (Å²) >= 11 is 3.45. The predicted octanol–water partition coefficient (Wildman–Crippen LogP) is 5.48. The van der Waals surface area contributed by atoms with E-state index in [0.29, 0.717) is 6.61 Å². The van der Waals surface area contributed by atoms with Crippen molar-refractivity contribution < 1.29 is 4.74 Å². The van der Waals surface area contributed by atoms with Gasteiger partial charge in [0.1, 0.15) is 6.61 Å². The van der Waals surface area contributed by atoms with Crippen LogP contribution in [0.15, 0.2) is 0 Å². The van der Waals surface area contributed by atoms with E-state index in [9.17, 15) is 0 Å². The van der Waals surface area contributed by atoms with Crippen LogP contribution in [-0.4, -0.2) is 11.9 Å². The molecule has 0 unspecified atom stereocenters. The van der Waals surface area contributed by atoms with E-state index in [-0.39, 0.29) is 0 Å². The summed E-state index contributed by atoms with van der Waals surface area (Å²) in [6, 6.07) is 0. The van der Waals surface area contributed by atoms with Gasteiger partial charge in [-0.2, -0.15) is 0 Å². The third-order valence-electron chi connectivity index (χ3n) is 2.76. The van der Waals surface area contributed by atoms with Gasteiger partial charge in [0.15, 0.2) is 0 Å². The smallest absolute Gasteiger partial charge is 0.108 e. The second-order valence-electron chi connectivity index (χ2n) is 4.53. The minimum absolute atomic E-state index is 0.565. The Morgan fingerprint density at radius 1 is 0.944 bits per heavy atom. The molecule has 0 saturated heterocycles. The second kappa shape index (κ2) is 17.0. The third-order valence-corrected chi connectivity index (χ3v) is 3.32. The maximum atomic E-state index is 5.36. The van der Waals surface area contributed by atoms with E-state index < -0.39 is 0 Å². The van der Waals surface area contributed by atoms with Gasteiger partial charge < -0.3 is 4.74 Å². The van der Waals surface area contributed by atoms with Crippen LogP contribution in [-0.2, 0) is 4.74 Å². The number of halogens is 1. The largest absolute Gasteiger partial charge is 0.363 e. The van der Waals surface area contributed by atoms with Crippen molar-refractivity contribution in [2.45, 2.75) is 71.1 Å². The molecule has 0 aromatic heterocycles. The number of unbranched alkanes of at least 4 members (excludes halogenated alkanes) is 8. The average Bonchev–Trinajstić information content (AvgIpc) is 2.39. The van der Waals surface area contributed by atoms with Gasteiger partial charge in [-0.15, -0.1) is 5.92 Å². The summed E-state index contributed by atoms with van der Waals surface area (Å²) in [5, 5.41) is 1.14. The lowest BCUT2D eigenvalue weighted by Crippen LogP contribution is -1.89. The molecule has 0 atom stereocenters. The molecule has 0 aromatic rings. The van der Waals surface area contributed by atoms with Crippen molar-refractivity contribution in [3.05, 3.63) is 6.61 Å². The van der Waals surface area contributed by atoms with E-state index in [1.807, 2.05) is 6.61 Å². The molecule has 0 rings (SSSR count). The zero-order chi connectivity index (χ0) is 13.3. The van der Waals surface area contributed by atoms with Gasteiger partial charge in [-0.3, -0.25) is 0 Å². The lowest BCUT2D eigenvalue weighted by molar-refractivity contribution is 0.227. The Kier molecular flexibility index (Phi) is 17.0. The SMILES string of the molecule is CCCCCC#CCO[CH]CCCCCCCBr. The van der Waals surface area contributed by atoms with E-state index in [2.05, 4.69) is 34.7 Å². The quantitative estimate of drug-likeness (QED) is 0.263. The van der Waals surface area contributed by atoms with Gasteiger partial charge in [-0.25, -0.2) is 0 Å². The fourth-order valence-corrected chi connectivity index (χ4v) is 2.04. The molecule has 18 heavy (non-hydrogen) atoms. The van der Waals surface area contributed by atoms with Crippen LogP contribution in [0.25, 0.3) is 0 Å². The Labute approximate surface area is 122 Å². The molecule has 0 N–H and O–H groups in total. The highest BCUT2D eigenvalue weighted by Crippen LogP contribution is 2.07. The normalized spacial score (nSPS) is 10.1. The van der Waals surface area contributed by atoms with Gasteiger partial charge in [0.05, 0.1) is 6.61 Å². The van der Waals surface area contributed by atoms with E-state index >= 15 is 0 Å². The Balaban J connectivity index is 3.02. The van der Waals surface area contributed by atoms with Gasteiger partial charge in [0, 0.05) is 11.8 Å². The summed E-state index contributed by atoms with van der Waals surface area (Å²) in [6.07, 6.45) is 12.4. The topological polar surface area (TPSA) is 9.23 Å². The molecule has 105 valence electrons. The first-order valence-electron chi connectivity index (χ1n) is 7.36. The van der Waals surface area contributed by atoms with Crippen LogP contribution in [0.2, 0.25) is 0 Å². The number of hydrogen-bond acceptors (Lipinski definition) is 1. The lowest BCUT2D eigenvalue weighted by Gasteiger charge is -2.00. The van der Waals surface area contributed by atoms with Crippen LogP contribution in [0.4, 0.5) is 0 Å². The van der Waals surface area contributed by atoms with Gasteiger partial charge in [0.25, 0.3) is 0 Å². The third kappa shape index (κ3) is 16.0. The molecule has 0 aliphatic carbocycles. The van der Waals surface area contributed by atoms with Crippen LogP contribution < -0.4 is 0 Å². The molecule has 0 heterocycles. The van der Waals surface area contributed by atoms with Gasteiger partial charge in [-0.05, 0) is 19.3 Å². The first kappa shape index (κ1) is 18.0. The zero-order valence-corrected chi connectivity index (χ0v) is 13.4. The van der Waals surface area contributed by atoms with Crippen LogP contribution in [0.3, 0.4) is 0 Å². The predicted molar refractivity (Wildman–Crippen MR) is 83.7 cm³/mol. The first-order chi connectivity index (χ1) is 8.91. The molecule has 0 aromatic carbocycles. The van der Waals surface area contributed by atoms with Crippen molar-refractivity contribution >= 4 is 15.9 Å². The Hall–Kier alpha value is 0. The lowest BCUT2D eigenvalue weighted by atomic mass is 10.1. The van der Waals surface area contributed by atoms with Crippen molar-refractivity contribution in [3.63, 3.8) is 0 Å². The molecule has 0 fully saturated rings. The van der Waals surface area contributed by atoms with E-state index in [1.54, 1.807) is 0 Å². The fourth-order valence-electron chi connectivity index (χ4n) is 1.64. The average molecular weight is 316 g/mol. The highest BCUT2D eigenvalue weighted by atomic mass is 79.9. The van der Waals surface area contributed by atoms with E-state index in [0.717, 1.165) is 18.2 Å². The molecular formula is C16H28BrO. The second-order valence-corrected chi connectivity index (χ2v) is 5.33. The summed E-state index contributed by atoms with van der Waals surface area (Å²) in [4.78, 5) is 0. The van der Waals surface area contributed by atoms with E-state index in [4.69, 9.17) is 4.74 Å². The number of rotatable bonds is 12. The Morgan fingerprint density at radius 2 is 1.72 bits per heavy atom. The van der Waals surface area contributed by atoms with Crippen molar-refractivity contribution in [1.29, 1.82) is 0 Å². The highest BCUT2D eigenvalue weighted by molar-refractivity contribution is 9.09. The molecule has 0 bridgehead atoms.